The lowest BCUT2D eigenvalue weighted by Gasteiger charge is -2.16. The van der Waals surface area contributed by atoms with Crippen molar-refractivity contribution in [3.63, 3.8) is 0 Å². The molecule has 4 nitrogen and oxygen atoms in total. The fourth-order valence-corrected chi connectivity index (χ4v) is 4.05. The van der Waals surface area contributed by atoms with Crippen molar-refractivity contribution in [1.82, 2.24) is 5.32 Å². The van der Waals surface area contributed by atoms with Crippen molar-refractivity contribution in [3.05, 3.63) is 55.5 Å². The van der Waals surface area contributed by atoms with Crippen LogP contribution in [0, 0.1) is 20.8 Å². The number of methoxy groups -OCH3 is 1. The van der Waals surface area contributed by atoms with Gasteiger partial charge >= 0.3 is 0 Å². The van der Waals surface area contributed by atoms with Crippen LogP contribution in [-0.2, 0) is 0 Å². The molecule has 2 rings (SSSR count). The summed E-state index contributed by atoms with van der Waals surface area (Å²) in [7, 11) is 1.54. The average Bonchev–Trinajstić information content (AvgIpc) is 2.50. The van der Waals surface area contributed by atoms with Crippen LogP contribution in [0.1, 0.15) is 27.0 Å². The topological polar surface area (TPSA) is 50.4 Å². The quantitative estimate of drug-likeness (QED) is 0.581. The van der Waals surface area contributed by atoms with E-state index < -0.39 is 0 Å². The van der Waals surface area contributed by atoms with Crippen molar-refractivity contribution in [2.75, 3.05) is 12.4 Å². The number of carbonyl (C=O) groups is 1. The van der Waals surface area contributed by atoms with Gasteiger partial charge in [-0.2, -0.15) is 0 Å². The Kier molecular flexibility index (Phi) is 6.59. The van der Waals surface area contributed by atoms with Gasteiger partial charge in [-0.25, -0.2) is 0 Å². The van der Waals surface area contributed by atoms with Gasteiger partial charge in [0.05, 0.1) is 12.7 Å². The second-order valence-corrected chi connectivity index (χ2v) is 7.87. The SMILES string of the molecule is COc1c(C)cc(Br)cc1C(=O)NC(=S)Nc1c(C)cc(Br)cc1C. The number of rotatable bonds is 3. The maximum absolute atomic E-state index is 12.6. The van der Waals surface area contributed by atoms with Gasteiger partial charge in [-0.3, -0.25) is 10.1 Å². The van der Waals surface area contributed by atoms with Gasteiger partial charge in [-0.05, 0) is 73.9 Å². The Bertz CT molecular complexity index is 830. The molecule has 0 aliphatic carbocycles. The van der Waals surface area contributed by atoms with Crippen LogP contribution in [-0.4, -0.2) is 18.1 Å². The van der Waals surface area contributed by atoms with E-state index in [9.17, 15) is 4.79 Å². The third kappa shape index (κ3) is 4.80. The highest BCUT2D eigenvalue weighted by atomic mass is 79.9. The van der Waals surface area contributed by atoms with Gasteiger partial charge in [0.1, 0.15) is 5.75 Å². The number of hydrogen-bond acceptors (Lipinski definition) is 3. The Morgan fingerprint density at radius 1 is 1.00 bits per heavy atom. The van der Waals surface area contributed by atoms with Crippen molar-refractivity contribution >= 4 is 60.8 Å². The Balaban J connectivity index is 2.21. The third-order valence-corrected chi connectivity index (χ3v) is 4.77. The largest absolute Gasteiger partial charge is 0.496 e. The van der Waals surface area contributed by atoms with E-state index in [-0.39, 0.29) is 11.0 Å². The van der Waals surface area contributed by atoms with Gasteiger partial charge < -0.3 is 10.1 Å². The Hall–Kier alpha value is -1.44. The zero-order valence-electron chi connectivity index (χ0n) is 14.3. The minimum Gasteiger partial charge on any atom is -0.496 e. The first kappa shape index (κ1) is 19.9. The highest BCUT2D eigenvalue weighted by molar-refractivity contribution is 9.10. The van der Waals surface area contributed by atoms with E-state index in [0.717, 1.165) is 31.3 Å². The van der Waals surface area contributed by atoms with Crippen molar-refractivity contribution in [2.45, 2.75) is 20.8 Å². The number of carbonyl (C=O) groups excluding carboxylic acids is 1. The molecule has 7 heteroatoms. The number of amides is 1. The summed E-state index contributed by atoms with van der Waals surface area (Å²) in [6.07, 6.45) is 0. The molecule has 0 aliphatic heterocycles. The lowest BCUT2D eigenvalue weighted by Crippen LogP contribution is -2.34. The van der Waals surface area contributed by atoms with Crippen LogP contribution in [0.5, 0.6) is 5.75 Å². The molecule has 0 heterocycles. The van der Waals surface area contributed by atoms with E-state index >= 15 is 0 Å². The van der Waals surface area contributed by atoms with Gasteiger partial charge in [0.15, 0.2) is 5.11 Å². The molecular formula is C18H18Br2N2O2S. The zero-order valence-corrected chi connectivity index (χ0v) is 18.3. The standard InChI is InChI=1S/C18H18Br2N2O2S/c1-9-5-12(19)6-10(2)15(9)21-18(25)22-17(23)14-8-13(20)7-11(3)16(14)24-4/h5-8H,1-4H3,(H2,21,22,23,25). The molecule has 0 spiro atoms. The summed E-state index contributed by atoms with van der Waals surface area (Å²) in [5.74, 6) is 0.200. The van der Waals surface area contributed by atoms with Crippen LogP contribution in [0.3, 0.4) is 0 Å². The van der Waals surface area contributed by atoms with Crippen LogP contribution < -0.4 is 15.4 Å². The van der Waals surface area contributed by atoms with E-state index in [1.165, 1.54) is 7.11 Å². The van der Waals surface area contributed by atoms with Gasteiger partial charge in [-0.15, -0.1) is 0 Å². The summed E-state index contributed by atoms with van der Waals surface area (Å²) in [4.78, 5) is 12.6. The molecule has 0 saturated heterocycles. The Morgan fingerprint density at radius 2 is 1.52 bits per heavy atom. The van der Waals surface area contributed by atoms with Crippen molar-refractivity contribution in [3.8, 4) is 5.75 Å². The maximum atomic E-state index is 12.6. The molecule has 2 aromatic carbocycles. The molecule has 0 aromatic heterocycles. The minimum atomic E-state index is -0.328. The molecular weight excluding hydrogens is 468 g/mol. The minimum absolute atomic E-state index is 0.234. The van der Waals surface area contributed by atoms with Crippen LogP contribution >= 0.6 is 44.1 Å². The number of hydrogen-bond donors (Lipinski definition) is 2. The third-order valence-electron chi connectivity index (χ3n) is 3.65. The molecule has 0 aliphatic rings. The molecule has 25 heavy (non-hydrogen) atoms. The molecule has 2 N–H and O–H groups in total. The van der Waals surface area contributed by atoms with Gasteiger partial charge in [0, 0.05) is 14.6 Å². The van der Waals surface area contributed by atoms with Crippen LogP contribution in [0.4, 0.5) is 5.69 Å². The number of nitrogens with one attached hydrogen (secondary N) is 2. The molecule has 0 fully saturated rings. The highest BCUT2D eigenvalue weighted by Crippen LogP contribution is 2.28. The first-order chi connectivity index (χ1) is 11.7. The van der Waals surface area contributed by atoms with Crippen molar-refractivity contribution < 1.29 is 9.53 Å². The Labute approximate surface area is 169 Å². The van der Waals surface area contributed by atoms with Gasteiger partial charge in [0.2, 0.25) is 0 Å². The predicted octanol–water partition coefficient (Wildman–Crippen LogP) is 5.27. The van der Waals surface area contributed by atoms with Crippen LogP contribution in [0.25, 0.3) is 0 Å². The summed E-state index contributed by atoms with van der Waals surface area (Å²) in [5.41, 5.74) is 4.22. The summed E-state index contributed by atoms with van der Waals surface area (Å²) < 4.78 is 7.15. The van der Waals surface area contributed by atoms with E-state index in [1.807, 2.05) is 39.0 Å². The summed E-state index contributed by atoms with van der Waals surface area (Å²) in [6.45, 7) is 5.84. The molecule has 1 amide bonds. The van der Waals surface area contributed by atoms with Crippen LogP contribution in [0.15, 0.2) is 33.2 Å². The summed E-state index contributed by atoms with van der Waals surface area (Å²) in [6, 6.07) is 7.57. The highest BCUT2D eigenvalue weighted by Gasteiger charge is 2.17. The number of aryl methyl sites for hydroxylation is 3. The van der Waals surface area contributed by atoms with E-state index in [1.54, 1.807) is 6.07 Å². The van der Waals surface area contributed by atoms with E-state index in [2.05, 4.69) is 42.5 Å². The average molecular weight is 486 g/mol. The van der Waals surface area contributed by atoms with Gasteiger partial charge in [0.25, 0.3) is 5.91 Å². The molecule has 0 atom stereocenters. The molecule has 2 aromatic rings. The van der Waals surface area contributed by atoms with Crippen LogP contribution in [0.2, 0.25) is 0 Å². The molecule has 0 saturated carbocycles. The van der Waals surface area contributed by atoms with E-state index in [0.29, 0.717) is 11.3 Å². The molecule has 132 valence electrons. The fourth-order valence-electron chi connectivity index (χ4n) is 2.59. The smallest absolute Gasteiger partial charge is 0.261 e. The van der Waals surface area contributed by atoms with Crippen molar-refractivity contribution in [1.29, 1.82) is 0 Å². The first-order valence-electron chi connectivity index (χ1n) is 7.46. The second kappa shape index (κ2) is 8.29. The second-order valence-electron chi connectivity index (χ2n) is 5.63. The zero-order chi connectivity index (χ0) is 18.7. The fraction of sp³-hybridized carbons (Fsp3) is 0.222. The summed E-state index contributed by atoms with van der Waals surface area (Å²) in [5, 5.41) is 6.05. The molecule has 0 unspecified atom stereocenters. The number of halogens is 2. The summed E-state index contributed by atoms with van der Waals surface area (Å²) >= 11 is 12.2. The molecule has 0 radical (unpaired) electrons. The number of benzene rings is 2. The number of ether oxygens (including phenoxy) is 1. The predicted molar refractivity (Wildman–Crippen MR) is 113 cm³/mol. The maximum Gasteiger partial charge on any atom is 0.261 e. The first-order valence-corrected chi connectivity index (χ1v) is 9.45. The van der Waals surface area contributed by atoms with E-state index in [4.69, 9.17) is 17.0 Å². The number of thiocarbonyl (C=S) groups is 1. The number of anilines is 1. The monoisotopic (exact) mass is 484 g/mol. The normalized spacial score (nSPS) is 10.3. The molecule has 0 bridgehead atoms. The Morgan fingerprint density at radius 3 is 2.08 bits per heavy atom. The lowest BCUT2D eigenvalue weighted by atomic mass is 10.1. The van der Waals surface area contributed by atoms with Crippen molar-refractivity contribution in [2.24, 2.45) is 0 Å². The van der Waals surface area contributed by atoms with Gasteiger partial charge in [-0.1, -0.05) is 31.9 Å². The lowest BCUT2D eigenvalue weighted by molar-refractivity contribution is 0.0974.